The van der Waals surface area contributed by atoms with E-state index in [4.69, 9.17) is 18.0 Å². The zero-order valence-electron chi connectivity index (χ0n) is 11.9. The Morgan fingerprint density at radius 3 is 2.42 bits per heavy atom. The molecule has 0 aromatic rings. The molecule has 1 saturated heterocycles. The monoisotopic (exact) mass is 285 g/mol. The molecule has 0 bridgehead atoms. The lowest BCUT2D eigenvalue weighted by Gasteiger charge is -2.33. The van der Waals surface area contributed by atoms with Crippen LogP contribution in [0.2, 0.25) is 0 Å². The number of hydrogen-bond acceptors (Lipinski definition) is 3. The maximum atomic E-state index is 12.6. The molecule has 0 radical (unpaired) electrons. The van der Waals surface area contributed by atoms with E-state index in [1.807, 2.05) is 13.8 Å². The fourth-order valence-corrected chi connectivity index (χ4v) is 3.03. The Morgan fingerprint density at radius 2 is 2.00 bits per heavy atom. The van der Waals surface area contributed by atoms with Crippen LogP contribution in [0, 0.1) is 5.41 Å². The van der Waals surface area contributed by atoms with Crippen molar-refractivity contribution in [3.63, 3.8) is 0 Å². The number of carbonyl (C=O) groups excluding carboxylic acids is 2. The van der Waals surface area contributed by atoms with Crippen molar-refractivity contribution in [3.8, 4) is 0 Å². The Hall–Kier alpha value is -1.17. The third kappa shape index (κ3) is 3.23. The van der Waals surface area contributed by atoms with E-state index >= 15 is 0 Å². The fourth-order valence-electron chi connectivity index (χ4n) is 2.66. The van der Waals surface area contributed by atoms with Crippen LogP contribution < -0.4 is 11.1 Å². The van der Waals surface area contributed by atoms with Gasteiger partial charge in [0.25, 0.3) is 0 Å². The first-order chi connectivity index (χ1) is 8.87. The molecule has 0 spiro atoms. The lowest BCUT2D eigenvalue weighted by molar-refractivity contribution is -0.137. The third-order valence-corrected chi connectivity index (χ3v) is 4.36. The van der Waals surface area contributed by atoms with Crippen LogP contribution in [-0.2, 0) is 9.59 Å². The Labute approximate surface area is 119 Å². The summed E-state index contributed by atoms with van der Waals surface area (Å²) >= 11 is 5.10. The first kappa shape index (κ1) is 15.9. The molecule has 2 amide bonds. The van der Waals surface area contributed by atoms with E-state index < -0.39 is 5.41 Å². The molecule has 5 nitrogen and oxygen atoms in total. The van der Waals surface area contributed by atoms with Crippen LogP contribution in [-0.4, -0.2) is 40.8 Å². The van der Waals surface area contributed by atoms with Gasteiger partial charge in [0.05, 0.1) is 10.4 Å². The number of hydrogen-bond donors (Lipinski definition) is 2. The second-order valence-electron chi connectivity index (χ2n) is 5.09. The van der Waals surface area contributed by atoms with Crippen molar-refractivity contribution in [3.05, 3.63) is 0 Å². The Bertz CT molecular complexity index is 380. The molecule has 1 unspecified atom stereocenters. The van der Waals surface area contributed by atoms with Crippen LogP contribution in [0.25, 0.3) is 0 Å². The summed E-state index contributed by atoms with van der Waals surface area (Å²) in [6, 6.07) is 0.0409. The van der Waals surface area contributed by atoms with Crippen LogP contribution in [0.15, 0.2) is 0 Å². The van der Waals surface area contributed by atoms with Gasteiger partial charge in [-0.25, -0.2) is 0 Å². The summed E-state index contributed by atoms with van der Waals surface area (Å²) < 4.78 is 0. The van der Waals surface area contributed by atoms with Gasteiger partial charge in [-0.3, -0.25) is 9.59 Å². The molecular weight excluding hydrogens is 262 g/mol. The number of rotatable bonds is 5. The molecule has 1 heterocycles. The molecule has 0 aromatic heterocycles. The Morgan fingerprint density at radius 1 is 1.42 bits per heavy atom. The number of nitrogens with one attached hydrogen (secondary N) is 1. The zero-order chi connectivity index (χ0) is 14.6. The molecule has 1 fully saturated rings. The van der Waals surface area contributed by atoms with E-state index in [0.29, 0.717) is 25.9 Å². The minimum atomic E-state index is -0.736. The molecule has 1 aliphatic rings. The zero-order valence-corrected chi connectivity index (χ0v) is 12.7. The fraction of sp³-hybridized carbons (Fsp3) is 0.769. The van der Waals surface area contributed by atoms with Gasteiger partial charge in [-0.15, -0.1) is 0 Å². The molecule has 0 aromatic carbocycles. The molecule has 6 heteroatoms. The lowest BCUT2D eigenvalue weighted by atomic mass is 9.81. The van der Waals surface area contributed by atoms with Crippen molar-refractivity contribution < 1.29 is 9.59 Å². The lowest BCUT2D eigenvalue weighted by Crippen LogP contribution is -2.50. The van der Waals surface area contributed by atoms with Crippen LogP contribution >= 0.6 is 12.2 Å². The summed E-state index contributed by atoms with van der Waals surface area (Å²) in [5, 5.41) is 2.85. The molecular formula is C13H23N3O2S. The van der Waals surface area contributed by atoms with E-state index in [0.717, 1.165) is 6.42 Å². The molecule has 1 atom stereocenters. The van der Waals surface area contributed by atoms with Gasteiger partial charge in [0.1, 0.15) is 0 Å². The van der Waals surface area contributed by atoms with Gasteiger partial charge < -0.3 is 16.0 Å². The minimum absolute atomic E-state index is 0.00199. The highest BCUT2D eigenvalue weighted by Gasteiger charge is 2.42. The predicted octanol–water partition coefficient (Wildman–Crippen LogP) is 0.816. The molecule has 0 saturated carbocycles. The number of nitrogens with two attached hydrogens (primary N) is 1. The van der Waals surface area contributed by atoms with Gasteiger partial charge in [-0.05, 0) is 19.3 Å². The number of likely N-dealkylation sites (tertiary alicyclic amines) is 1. The van der Waals surface area contributed by atoms with Crippen molar-refractivity contribution in [2.24, 2.45) is 11.1 Å². The highest BCUT2D eigenvalue weighted by Crippen LogP contribution is 2.31. The number of amides is 2. The van der Waals surface area contributed by atoms with Gasteiger partial charge >= 0.3 is 0 Å². The van der Waals surface area contributed by atoms with E-state index in [2.05, 4.69) is 5.32 Å². The average molecular weight is 285 g/mol. The number of thiocarbonyl (C=S) groups is 1. The second-order valence-corrected chi connectivity index (χ2v) is 5.53. The molecule has 1 aliphatic heterocycles. The Kier molecular flexibility index (Phi) is 5.29. The van der Waals surface area contributed by atoms with Crippen molar-refractivity contribution in [2.75, 3.05) is 13.1 Å². The predicted molar refractivity (Wildman–Crippen MR) is 78.6 cm³/mol. The Balaban J connectivity index is 2.78. The number of nitrogens with zero attached hydrogens (tertiary/aromatic N) is 1. The van der Waals surface area contributed by atoms with Gasteiger partial charge in [0.15, 0.2) is 0 Å². The van der Waals surface area contributed by atoms with Crippen LogP contribution in [0.1, 0.15) is 40.0 Å². The highest BCUT2D eigenvalue weighted by atomic mass is 32.1. The first-order valence-electron chi connectivity index (χ1n) is 6.73. The second kappa shape index (κ2) is 6.32. The van der Waals surface area contributed by atoms with E-state index in [-0.39, 0.29) is 22.8 Å². The van der Waals surface area contributed by atoms with Crippen LogP contribution in [0.5, 0.6) is 0 Å². The topological polar surface area (TPSA) is 75.4 Å². The number of carbonyl (C=O) groups is 2. The third-order valence-electron chi connectivity index (χ3n) is 3.97. The SMILES string of the molecule is CCC(CC)(C(=O)N1CCC(NC(C)=O)C1)C(N)=S. The molecule has 3 N–H and O–H groups in total. The van der Waals surface area contributed by atoms with Gasteiger partial charge in [0.2, 0.25) is 11.8 Å². The normalized spacial score (nSPS) is 19.3. The van der Waals surface area contributed by atoms with E-state index in [9.17, 15) is 9.59 Å². The van der Waals surface area contributed by atoms with Crippen molar-refractivity contribution in [1.29, 1.82) is 0 Å². The summed E-state index contributed by atoms with van der Waals surface area (Å²) in [6.45, 7) is 6.54. The summed E-state index contributed by atoms with van der Waals surface area (Å²) in [7, 11) is 0. The molecule has 0 aliphatic carbocycles. The quantitative estimate of drug-likeness (QED) is 0.733. The summed E-state index contributed by atoms with van der Waals surface area (Å²) in [6.07, 6.45) is 2.00. The first-order valence-corrected chi connectivity index (χ1v) is 7.14. The van der Waals surface area contributed by atoms with Crippen molar-refractivity contribution in [2.45, 2.75) is 46.1 Å². The van der Waals surface area contributed by atoms with E-state index in [1.165, 1.54) is 6.92 Å². The summed E-state index contributed by atoms with van der Waals surface area (Å²) in [4.78, 5) is 25.7. The smallest absolute Gasteiger partial charge is 0.235 e. The molecule has 108 valence electrons. The standard InChI is InChI=1S/C13H23N3O2S/c1-4-13(5-2,11(14)19)12(18)16-7-6-10(8-16)15-9(3)17/h10H,4-8H2,1-3H3,(H2,14,19)(H,15,17). The average Bonchev–Trinajstić information content (AvgIpc) is 2.78. The van der Waals surface area contributed by atoms with Crippen molar-refractivity contribution >= 4 is 29.0 Å². The minimum Gasteiger partial charge on any atom is -0.392 e. The maximum Gasteiger partial charge on any atom is 0.235 e. The van der Waals surface area contributed by atoms with Gasteiger partial charge in [-0.2, -0.15) is 0 Å². The largest absolute Gasteiger partial charge is 0.392 e. The highest BCUT2D eigenvalue weighted by molar-refractivity contribution is 7.80. The summed E-state index contributed by atoms with van der Waals surface area (Å²) in [5.41, 5.74) is 5.06. The summed E-state index contributed by atoms with van der Waals surface area (Å²) in [5.74, 6) is -0.0660. The van der Waals surface area contributed by atoms with Gasteiger partial charge in [-0.1, -0.05) is 26.1 Å². The maximum absolute atomic E-state index is 12.6. The van der Waals surface area contributed by atoms with Crippen molar-refractivity contribution in [1.82, 2.24) is 10.2 Å². The van der Waals surface area contributed by atoms with Crippen LogP contribution in [0.3, 0.4) is 0 Å². The van der Waals surface area contributed by atoms with E-state index in [1.54, 1.807) is 4.90 Å². The van der Waals surface area contributed by atoms with Crippen LogP contribution in [0.4, 0.5) is 0 Å². The molecule has 1 rings (SSSR count). The van der Waals surface area contributed by atoms with Gasteiger partial charge in [0, 0.05) is 26.1 Å². The molecule has 19 heavy (non-hydrogen) atoms.